The Kier molecular flexibility index (Phi) is 6.38. The summed E-state index contributed by atoms with van der Waals surface area (Å²) < 4.78 is 62.2. The summed E-state index contributed by atoms with van der Waals surface area (Å²) in [6, 6.07) is 7.91. The molecular formula is C21H18F3N3O2S2. The SMILES string of the molecule is C#Cc1cc(-c2csc(-c3ccnc(CC(C)C)c3)n2)ccc1NS(=O)(=O)C(F)(F)F. The van der Waals surface area contributed by atoms with Crippen LogP contribution < -0.4 is 4.72 Å². The van der Waals surface area contributed by atoms with Gasteiger partial charge < -0.3 is 0 Å². The molecule has 0 amide bonds. The minimum absolute atomic E-state index is 0.0250. The summed E-state index contributed by atoms with van der Waals surface area (Å²) in [6.45, 7) is 4.22. The average molecular weight is 466 g/mol. The Morgan fingerprint density at radius 2 is 1.94 bits per heavy atom. The van der Waals surface area contributed by atoms with E-state index in [-0.39, 0.29) is 11.3 Å². The maximum Gasteiger partial charge on any atom is 0.516 e. The second-order valence-electron chi connectivity index (χ2n) is 7.13. The summed E-state index contributed by atoms with van der Waals surface area (Å²) in [5.74, 6) is 2.68. The molecule has 0 spiro atoms. The van der Waals surface area contributed by atoms with Gasteiger partial charge in [-0.15, -0.1) is 17.8 Å². The fourth-order valence-corrected chi connectivity index (χ4v) is 4.20. The second-order valence-corrected chi connectivity index (χ2v) is 9.66. The van der Waals surface area contributed by atoms with E-state index in [1.165, 1.54) is 34.3 Å². The molecule has 31 heavy (non-hydrogen) atoms. The lowest BCUT2D eigenvalue weighted by atomic mass is 10.1. The van der Waals surface area contributed by atoms with E-state index in [0.29, 0.717) is 17.2 Å². The van der Waals surface area contributed by atoms with Crippen LogP contribution in [0.15, 0.2) is 41.9 Å². The Morgan fingerprint density at radius 3 is 2.58 bits per heavy atom. The van der Waals surface area contributed by atoms with E-state index in [9.17, 15) is 21.6 Å². The molecule has 3 aromatic rings. The number of thiazole rings is 1. The summed E-state index contributed by atoms with van der Waals surface area (Å²) >= 11 is 1.41. The molecule has 0 bridgehead atoms. The fourth-order valence-electron chi connectivity index (χ4n) is 2.79. The van der Waals surface area contributed by atoms with Gasteiger partial charge in [0.2, 0.25) is 0 Å². The highest BCUT2D eigenvalue weighted by molar-refractivity contribution is 7.93. The van der Waals surface area contributed by atoms with Gasteiger partial charge in [0.1, 0.15) is 5.01 Å². The molecule has 3 rings (SSSR count). The molecule has 0 saturated carbocycles. The van der Waals surface area contributed by atoms with Crippen molar-refractivity contribution >= 4 is 27.0 Å². The van der Waals surface area contributed by atoms with Crippen molar-refractivity contribution in [2.24, 2.45) is 5.92 Å². The minimum Gasteiger partial charge on any atom is -0.275 e. The molecule has 0 unspecified atom stereocenters. The monoisotopic (exact) mass is 465 g/mol. The summed E-state index contributed by atoms with van der Waals surface area (Å²) in [4.78, 5) is 8.96. The number of nitrogens with one attached hydrogen (secondary N) is 1. The van der Waals surface area contributed by atoms with Gasteiger partial charge in [0, 0.05) is 34.0 Å². The van der Waals surface area contributed by atoms with Crippen LogP contribution in [0.5, 0.6) is 0 Å². The number of benzene rings is 1. The van der Waals surface area contributed by atoms with E-state index in [1.807, 2.05) is 12.1 Å². The zero-order chi connectivity index (χ0) is 22.8. The van der Waals surface area contributed by atoms with E-state index < -0.39 is 15.5 Å². The number of sulfonamides is 1. The summed E-state index contributed by atoms with van der Waals surface area (Å²) in [7, 11) is -5.57. The molecular weight excluding hydrogens is 447 g/mol. The first-order chi connectivity index (χ1) is 14.5. The largest absolute Gasteiger partial charge is 0.516 e. The number of rotatable bonds is 6. The van der Waals surface area contributed by atoms with Crippen molar-refractivity contribution in [3.8, 4) is 34.2 Å². The van der Waals surface area contributed by atoms with Gasteiger partial charge >= 0.3 is 15.5 Å². The van der Waals surface area contributed by atoms with Crippen LogP contribution in [0.25, 0.3) is 21.8 Å². The van der Waals surface area contributed by atoms with Gasteiger partial charge in [-0.1, -0.05) is 25.8 Å². The highest BCUT2D eigenvalue weighted by Crippen LogP contribution is 2.32. The van der Waals surface area contributed by atoms with Crippen LogP contribution >= 0.6 is 11.3 Å². The van der Waals surface area contributed by atoms with Crippen molar-refractivity contribution in [2.75, 3.05) is 4.72 Å². The zero-order valence-electron chi connectivity index (χ0n) is 16.6. The van der Waals surface area contributed by atoms with E-state index in [2.05, 4.69) is 29.7 Å². The van der Waals surface area contributed by atoms with Crippen LogP contribution in [-0.2, 0) is 16.4 Å². The first kappa shape index (κ1) is 22.8. The molecule has 0 radical (unpaired) electrons. The third-order valence-corrected chi connectivity index (χ3v) is 6.19. The first-order valence-corrected chi connectivity index (χ1v) is 11.5. The number of hydrogen-bond donors (Lipinski definition) is 1. The molecule has 10 heteroatoms. The van der Waals surface area contributed by atoms with Crippen LogP contribution in [0, 0.1) is 18.3 Å². The predicted molar refractivity (Wildman–Crippen MR) is 116 cm³/mol. The Morgan fingerprint density at radius 1 is 1.19 bits per heavy atom. The average Bonchev–Trinajstić information content (AvgIpc) is 3.17. The number of nitrogens with zero attached hydrogens (tertiary/aromatic N) is 2. The number of aromatic nitrogens is 2. The Bertz CT molecular complexity index is 1240. The van der Waals surface area contributed by atoms with E-state index >= 15 is 0 Å². The van der Waals surface area contributed by atoms with Gasteiger partial charge in [0.05, 0.1) is 11.4 Å². The summed E-state index contributed by atoms with van der Waals surface area (Å²) in [5.41, 5.74) is -2.80. The molecule has 162 valence electrons. The molecule has 0 saturated heterocycles. The number of halogens is 3. The Hall–Kier alpha value is -2.90. The van der Waals surface area contributed by atoms with E-state index in [4.69, 9.17) is 6.42 Å². The predicted octanol–water partition coefficient (Wildman–Crippen LogP) is 5.31. The molecule has 2 aromatic heterocycles. The zero-order valence-corrected chi connectivity index (χ0v) is 18.2. The molecule has 2 heterocycles. The van der Waals surface area contributed by atoms with E-state index in [0.717, 1.165) is 22.7 Å². The summed E-state index contributed by atoms with van der Waals surface area (Å²) in [5, 5.41) is 2.55. The van der Waals surface area contributed by atoms with E-state index in [1.54, 1.807) is 11.6 Å². The number of terminal acetylenes is 1. The smallest absolute Gasteiger partial charge is 0.275 e. The molecule has 0 aliphatic carbocycles. The fraction of sp³-hybridized carbons (Fsp3) is 0.238. The minimum atomic E-state index is -5.57. The third-order valence-electron chi connectivity index (χ3n) is 4.20. The maximum atomic E-state index is 12.6. The standard InChI is InChI=1S/C21H18F3N3O2S2/c1-4-14-10-15(5-6-18(14)27-31(28,29)21(22,23)24)19-12-30-20(26-19)16-7-8-25-17(11-16)9-13(2)3/h1,5-8,10-13,27H,9H2,2-3H3. The molecule has 0 aliphatic heterocycles. The van der Waals surface area contributed by atoms with Gasteiger partial charge in [0.25, 0.3) is 0 Å². The molecule has 0 fully saturated rings. The number of hydrogen-bond acceptors (Lipinski definition) is 5. The number of pyridine rings is 1. The van der Waals surface area contributed by atoms with Crippen molar-refractivity contribution in [3.05, 3.63) is 53.2 Å². The van der Waals surface area contributed by atoms with Crippen molar-refractivity contribution in [3.63, 3.8) is 0 Å². The lowest BCUT2D eigenvalue weighted by molar-refractivity contribution is -0.0429. The van der Waals surface area contributed by atoms with Crippen molar-refractivity contribution in [2.45, 2.75) is 25.8 Å². The van der Waals surface area contributed by atoms with Crippen LogP contribution in [0.1, 0.15) is 25.1 Å². The lowest BCUT2D eigenvalue weighted by Gasteiger charge is -2.12. The number of anilines is 1. The highest BCUT2D eigenvalue weighted by atomic mass is 32.2. The molecule has 5 nitrogen and oxygen atoms in total. The third kappa shape index (κ3) is 5.24. The van der Waals surface area contributed by atoms with Gasteiger partial charge in [0.15, 0.2) is 0 Å². The summed E-state index contributed by atoms with van der Waals surface area (Å²) in [6.07, 6.45) is 7.96. The Balaban J connectivity index is 1.90. The lowest BCUT2D eigenvalue weighted by Crippen LogP contribution is -2.30. The maximum absolute atomic E-state index is 12.6. The number of alkyl halides is 3. The van der Waals surface area contributed by atoms with Crippen LogP contribution in [0.3, 0.4) is 0 Å². The van der Waals surface area contributed by atoms with Gasteiger partial charge in [-0.2, -0.15) is 21.6 Å². The second kappa shape index (κ2) is 8.69. The quantitative estimate of drug-likeness (QED) is 0.501. The van der Waals surface area contributed by atoms with Crippen molar-refractivity contribution < 1.29 is 21.6 Å². The van der Waals surface area contributed by atoms with Crippen LogP contribution in [0.4, 0.5) is 18.9 Å². The van der Waals surface area contributed by atoms with Gasteiger partial charge in [-0.3, -0.25) is 9.71 Å². The van der Waals surface area contributed by atoms with Crippen molar-refractivity contribution in [1.82, 2.24) is 9.97 Å². The molecule has 0 aliphatic rings. The first-order valence-electron chi connectivity index (χ1n) is 9.11. The van der Waals surface area contributed by atoms with Crippen molar-refractivity contribution in [1.29, 1.82) is 0 Å². The highest BCUT2D eigenvalue weighted by Gasteiger charge is 2.46. The topological polar surface area (TPSA) is 72.0 Å². The normalized spacial score (nSPS) is 12.0. The van der Waals surface area contributed by atoms with Crippen LogP contribution in [-0.4, -0.2) is 23.9 Å². The Labute approximate surface area is 182 Å². The molecule has 0 atom stereocenters. The van der Waals surface area contributed by atoms with Gasteiger partial charge in [-0.05, 0) is 36.6 Å². The van der Waals surface area contributed by atoms with Gasteiger partial charge in [-0.25, -0.2) is 4.98 Å². The van der Waals surface area contributed by atoms with Crippen LogP contribution in [0.2, 0.25) is 0 Å². The molecule has 1 aromatic carbocycles. The molecule has 1 N–H and O–H groups in total.